The molecular formula is C35H74N2O6P+. The van der Waals surface area contributed by atoms with E-state index in [9.17, 15) is 19.4 Å². The van der Waals surface area contributed by atoms with Crippen LogP contribution in [0.5, 0.6) is 0 Å². The molecule has 0 radical (unpaired) electrons. The fraction of sp³-hybridized carbons (Fsp3) is 0.971. The van der Waals surface area contributed by atoms with Crippen LogP contribution in [-0.2, 0) is 18.4 Å². The molecular weight excluding hydrogens is 575 g/mol. The molecule has 0 rings (SSSR count). The summed E-state index contributed by atoms with van der Waals surface area (Å²) in [5, 5.41) is 13.8. The molecule has 0 saturated heterocycles. The van der Waals surface area contributed by atoms with Gasteiger partial charge in [-0.2, -0.15) is 0 Å². The van der Waals surface area contributed by atoms with Crippen molar-refractivity contribution in [2.75, 3.05) is 40.9 Å². The number of aliphatic hydroxyl groups excluding tert-OH is 1. The number of phosphoric ester groups is 1. The smallest absolute Gasteiger partial charge is 0.391 e. The lowest BCUT2D eigenvalue weighted by Crippen LogP contribution is -2.46. The Bertz CT molecular complexity index is 703. The number of carbonyl (C=O) groups is 1. The van der Waals surface area contributed by atoms with Crippen molar-refractivity contribution in [3.05, 3.63) is 0 Å². The number of likely N-dealkylation sites (N-methyl/N-ethyl adjacent to an activating group) is 1. The zero-order chi connectivity index (χ0) is 32.9. The highest BCUT2D eigenvalue weighted by Crippen LogP contribution is 2.43. The summed E-state index contributed by atoms with van der Waals surface area (Å²) in [5.41, 5.74) is 0. The summed E-state index contributed by atoms with van der Waals surface area (Å²) in [7, 11) is 1.62. The molecule has 0 saturated carbocycles. The van der Waals surface area contributed by atoms with Crippen LogP contribution in [0, 0.1) is 0 Å². The van der Waals surface area contributed by atoms with Crippen molar-refractivity contribution in [3.8, 4) is 0 Å². The quantitative estimate of drug-likeness (QED) is 0.0372. The first-order valence-electron chi connectivity index (χ1n) is 18.4. The van der Waals surface area contributed by atoms with E-state index in [2.05, 4.69) is 19.2 Å². The van der Waals surface area contributed by atoms with Gasteiger partial charge in [0.2, 0.25) is 5.91 Å². The van der Waals surface area contributed by atoms with Crippen molar-refractivity contribution in [1.29, 1.82) is 0 Å². The minimum atomic E-state index is -4.29. The van der Waals surface area contributed by atoms with Gasteiger partial charge in [0.25, 0.3) is 0 Å². The number of hydrogen-bond donors (Lipinski definition) is 3. The zero-order valence-electron chi connectivity index (χ0n) is 29.7. The molecule has 264 valence electrons. The van der Waals surface area contributed by atoms with Gasteiger partial charge >= 0.3 is 7.82 Å². The van der Waals surface area contributed by atoms with E-state index in [1.165, 1.54) is 103 Å². The number of rotatable bonds is 33. The normalized spacial score (nSPS) is 14.8. The molecule has 9 heteroatoms. The van der Waals surface area contributed by atoms with Crippen LogP contribution in [0.2, 0.25) is 0 Å². The van der Waals surface area contributed by atoms with Crippen LogP contribution >= 0.6 is 7.82 Å². The molecule has 3 unspecified atom stereocenters. The summed E-state index contributed by atoms with van der Waals surface area (Å²) in [6.07, 6.45) is 26.9. The Morgan fingerprint density at radius 3 is 1.52 bits per heavy atom. The Morgan fingerprint density at radius 1 is 0.682 bits per heavy atom. The van der Waals surface area contributed by atoms with Crippen molar-refractivity contribution < 1.29 is 32.9 Å². The average molecular weight is 650 g/mol. The van der Waals surface area contributed by atoms with Gasteiger partial charge in [0.15, 0.2) is 0 Å². The maximum Gasteiger partial charge on any atom is 0.472 e. The first kappa shape index (κ1) is 43.5. The standard InChI is InChI=1S/C35H73N2O6P/c1-6-8-10-12-14-16-18-19-21-23-25-27-29-35(39)36-33(32-43-44(40,41)42-31-30-37(3,4)5)34(38)28-26-24-22-20-17-15-13-11-9-7-2/h33-34,38H,6-32H2,1-5H3,(H-,36,39,40,41)/p+1. The van der Waals surface area contributed by atoms with E-state index in [0.717, 1.165) is 38.5 Å². The second kappa shape index (κ2) is 28.7. The molecule has 0 aliphatic rings. The van der Waals surface area contributed by atoms with E-state index in [1.807, 2.05) is 21.1 Å². The molecule has 0 aromatic carbocycles. The van der Waals surface area contributed by atoms with Crippen LogP contribution in [0.15, 0.2) is 0 Å². The maximum atomic E-state index is 12.7. The first-order valence-corrected chi connectivity index (χ1v) is 19.9. The van der Waals surface area contributed by atoms with Crippen molar-refractivity contribution in [2.45, 2.75) is 180 Å². The number of carbonyl (C=O) groups excluding carboxylic acids is 1. The predicted octanol–water partition coefficient (Wildman–Crippen LogP) is 9.07. The minimum Gasteiger partial charge on any atom is -0.391 e. The van der Waals surface area contributed by atoms with Crippen molar-refractivity contribution in [2.24, 2.45) is 0 Å². The van der Waals surface area contributed by atoms with E-state index in [0.29, 0.717) is 23.9 Å². The first-order chi connectivity index (χ1) is 21.0. The Labute approximate surface area is 272 Å². The van der Waals surface area contributed by atoms with E-state index in [4.69, 9.17) is 9.05 Å². The Morgan fingerprint density at radius 2 is 1.09 bits per heavy atom. The fourth-order valence-electron chi connectivity index (χ4n) is 5.34. The summed E-state index contributed by atoms with van der Waals surface area (Å²) in [6.45, 7) is 4.85. The van der Waals surface area contributed by atoms with Gasteiger partial charge in [0.05, 0.1) is 39.9 Å². The highest BCUT2D eigenvalue weighted by atomic mass is 31.2. The van der Waals surface area contributed by atoms with Gasteiger partial charge < -0.3 is 19.8 Å². The summed E-state index contributed by atoms with van der Waals surface area (Å²) in [6, 6.07) is -0.749. The molecule has 0 fully saturated rings. The van der Waals surface area contributed by atoms with Gasteiger partial charge in [0, 0.05) is 6.42 Å². The molecule has 44 heavy (non-hydrogen) atoms. The van der Waals surface area contributed by atoms with Gasteiger partial charge in [-0.1, -0.05) is 149 Å². The van der Waals surface area contributed by atoms with E-state index in [1.54, 1.807) is 0 Å². The molecule has 0 spiro atoms. The lowest BCUT2D eigenvalue weighted by Gasteiger charge is -2.26. The molecule has 3 N–H and O–H groups in total. The zero-order valence-corrected chi connectivity index (χ0v) is 30.6. The number of unbranched alkanes of at least 4 members (excludes halogenated alkanes) is 20. The van der Waals surface area contributed by atoms with Crippen molar-refractivity contribution in [1.82, 2.24) is 5.32 Å². The second-order valence-corrected chi connectivity index (χ2v) is 15.4. The van der Waals surface area contributed by atoms with Crippen LogP contribution in [0.3, 0.4) is 0 Å². The lowest BCUT2D eigenvalue weighted by molar-refractivity contribution is -0.870. The van der Waals surface area contributed by atoms with Crippen LogP contribution in [0.4, 0.5) is 0 Å². The largest absolute Gasteiger partial charge is 0.472 e. The Kier molecular flexibility index (Phi) is 28.4. The van der Waals surface area contributed by atoms with Gasteiger partial charge in [0.1, 0.15) is 13.2 Å². The molecule has 0 aromatic heterocycles. The molecule has 3 atom stereocenters. The van der Waals surface area contributed by atoms with Crippen molar-refractivity contribution in [3.63, 3.8) is 0 Å². The summed E-state index contributed by atoms with van der Waals surface area (Å²) < 4.78 is 23.4. The number of aliphatic hydroxyl groups is 1. The third-order valence-electron chi connectivity index (χ3n) is 8.36. The number of amides is 1. The monoisotopic (exact) mass is 650 g/mol. The molecule has 0 aliphatic heterocycles. The molecule has 0 aliphatic carbocycles. The van der Waals surface area contributed by atoms with E-state index >= 15 is 0 Å². The Balaban J connectivity index is 4.47. The van der Waals surface area contributed by atoms with Crippen LogP contribution < -0.4 is 5.32 Å². The highest BCUT2D eigenvalue weighted by molar-refractivity contribution is 7.47. The lowest BCUT2D eigenvalue weighted by atomic mass is 10.0. The molecule has 8 nitrogen and oxygen atoms in total. The summed E-state index contributed by atoms with van der Waals surface area (Å²) >= 11 is 0. The SMILES string of the molecule is CCCCCCCCCCCCCCC(=O)NC(COP(=O)(O)OCC[N+](C)(C)C)C(O)CCCCCCCCCCCC. The number of phosphoric acid groups is 1. The topological polar surface area (TPSA) is 105 Å². The maximum absolute atomic E-state index is 12.7. The van der Waals surface area contributed by atoms with Crippen LogP contribution in [0.1, 0.15) is 168 Å². The molecule has 0 bridgehead atoms. The highest BCUT2D eigenvalue weighted by Gasteiger charge is 2.28. The van der Waals surface area contributed by atoms with Gasteiger partial charge in [-0.05, 0) is 12.8 Å². The van der Waals surface area contributed by atoms with Gasteiger partial charge in [-0.15, -0.1) is 0 Å². The molecule has 0 heterocycles. The Hall–Kier alpha value is -0.500. The number of nitrogens with one attached hydrogen (secondary N) is 1. The third kappa shape index (κ3) is 30.2. The third-order valence-corrected chi connectivity index (χ3v) is 9.34. The second-order valence-electron chi connectivity index (χ2n) is 14.0. The van der Waals surface area contributed by atoms with E-state index < -0.39 is 20.0 Å². The minimum absolute atomic E-state index is 0.0778. The number of quaternary nitrogens is 1. The van der Waals surface area contributed by atoms with Gasteiger partial charge in [-0.25, -0.2) is 4.57 Å². The summed E-state index contributed by atoms with van der Waals surface area (Å²) in [5.74, 6) is -0.147. The number of nitrogens with zero attached hydrogens (tertiary/aromatic N) is 1. The van der Waals surface area contributed by atoms with E-state index in [-0.39, 0.29) is 19.1 Å². The number of hydrogen-bond acceptors (Lipinski definition) is 5. The van der Waals surface area contributed by atoms with Crippen LogP contribution in [-0.4, -0.2) is 73.4 Å². The summed E-state index contributed by atoms with van der Waals surface area (Å²) in [4.78, 5) is 22.9. The average Bonchev–Trinajstić information content (AvgIpc) is 2.95. The van der Waals surface area contributed by atoms with Crippen LogP contribution in [0.25, 0.3) is 0 Å². The van der Waals surface area contributed by atoms with Gasteiger partial charge in [-0.3, -0.25) is 13.8 Å². The predicted molar refractivity (Wildman–Crippen MR) is 185 cm³/mol. The fourth-order valence-corrected chi connectivity index (χ4v) is 6.07. The molecule has 1 amide bonds. The van der Waals surface area contributed by atoms with Crippen molar-refractivity contribution >= 4 is 13.7 Å². The molecule has 0 aromatic rings.